The minimum absolute atomic E-state index is 0.0100. The van der Waals surface area contributed by atoms with E-state index in [0.29, 0.717) is 13.0 Å². The second-order valence-corrected chi connectivity index (χ2v) is 5.49. The lowest BCUT2D eigenvalue weighted by molar-refractivity contribution is -0.139. The second kappa shape index (κ2) is 5.13. The van der Waals surface area contributed by atoms with Gasteiger partial charge in [-0.1, -0.05) is 30.3 Å². The van der Waals surface area contributed by atoms with Gasteiger partial charge in [-0.2, -0.15) is 0 Å². The Hall–Kier alpha value is -1.68. The largest absolute Gasteiger partial charge is 0.328 e. The Kier molecular flexibility index (Phi) is 3.71. The minimum Gasteiger partial charge on any atom is -0.328 e. The van der Waals surface area contributed by atoms with Crippen molar-refractivity contribution in [2.24, 2.45) is 5.73 Å². The van der Waals surface area contributed by atoms with Crippen LogP contribution < -0.4 is 5.73 Å². The van der Waals surface area contributed by atoms with Gasteiger partial charge in [0.25, 0.3) is 0 Å². The highest BCUT2D eigenvalue weighted by Crippen LogP contribution is 2.36. The molecule has 0 aromatic heterocycles. The summed E-state index contributed by atoms with van der Waals surface area (Å²) in [7, 11) is 0. The first kappa shape index (κ1) is 13.7. The van der Waals surface area contributed by atoms with Gasteiger partial charge in [0.15, 0.2) is 0 Å². The van der Waals surface area contributed by atoms with Gasteiger partial charge in [-0.15, -0.1) is 0 Å². The monoisotopic (exact) mass is 260 g/mol. The summed E-state index contributed by atoms with van der Waals surface area (Å²) in [5.41, 5.74) is 5.86. The molecule has 1 saturated heterocycles. The molecule has 1 heterocycles. The van der Waals surface area contributed by atoms with Crippen molar-refractivity contribution in [2.45, 2.75) is 38.1 Å². The fraction of sp³-hybridized carbons (Fsp3) is 0.467. The second-order valence-electron chi connectivity index (χ2n) is 5.49. The van der Waals surface area contributed by atoms with Crippen LogP contribution in [0.1, 0.15) is 32.3 Å². The van der Waals surface area contributed by atoms with Crippen LogP contribution in [0.25, 0.3) is 0 Å². The van der Waals surface area contributed by atoms with E-state index in [-0.39, 0.29) is 24.3 Å². The number of carbonyl (C=O) groups excluding carboxylic acids is 2. The number of nitrogens with zero attached hydrogens (tertiary/aromatic N) is 1. The molecule has 2 unspecified atom stereocenters. The SMILES string of the molecule is CC(N)CCN1C(=O)CC(C)(c2ccccc2)C1=O. The Balaban J connectivity index is 2.22. The molecule has 2 amide bonds. The van der Waals surface area contributed by atoms with Crippen LogP contribution in [0.4, 0.5) is 0 Å². The van der Waals surface area contributed by atoms with E-state index in [9.17, 15) is 9.59 Å². The van der Waals surface area contributed by atoms with E-state index < -0.39 is 5.41 Å². The van der Waals surface area contributed by atoms with E-state index in [1.165, 1.54) is 4.90 Å². The summed E-state index contributed by atoms with van der Waals surface area (Å²) >= 11 is 0. The van der Waals surface area contributed by atoms with Gasteiger partial charge in [0, 0.05) is 19.0 Å². The van der Waals surface area contributed by atoms with E-state index in [2.05, 4.69) is 0 Å². The molecule has 0 saturated carbocycles. The van der Waals surface area contributed by atoms with Gasteiger partial charge in [0.2, 0.25) is 11.8 Å². The lowest BCUT2D eigenvalue weighted by Gasteiger charge is -2.23. The molecule has 2 atom stereocenters. The van der Waals surface area contributed by atoms with Crippen LogP contribution in [0, 0.1) is 0 Å². The number of rotatable bonds is 4. The Labute approximate surface area is 113 Å². The maximum Gasteiger partial charge on any atom is 0.240 e. The van der Waals surface area contributed by atoms with Gasteiger partial charge in [-0.25, -0.2) is 0 Å². The van der Waals surface area contributed by atoms with Crippen LogP contribution in [0.2, 0.25) is 0 Å². The van der Waals surface area contributed by atoms with Gasteiger partial charge in [0.05, 0.1) is 5.41 Å². The van der Waals surface area contributed by atoms with Crippen molar-refractivity contribution >= 4 is 11.8 Å². The zero-order chi connectivity index (χ0) is 14.0. The third kappa shape index (κ3) is 2.54. The standard InChI is InChI=1S/C15H20N2O2/c1-11(16)8-9-17-13(18)10-15(2,14(17)19)12-6-4-3-5-7-12/h3-7,11H,8-10,16H2,1-2H3. The number of hydrogen-bond acceptors (Lipinski definition) is 3. The molecule has 2 N–H and O–H groups in total. The molecular weight excluding hydrogens is 240 g/mol. The summed E-state index contributed by atoms with van der Waals surface area (Å²) < 4.78 is 0. The lowest BCUT2D eigenvalue weighted by atomic mass is 9.81. The first-order valence-electron chi connectivity index (χ1n) is 6.61. The molecule has 1 aliphatic rings. The molecule has 1 aromatic carbocycles. The van der Waals surface area contributed by atoms with E-state index in [1.54, 1.807) is 0 Å². The highest BCUT2D eigenvalue weighted by molar-refractivity contribution is 6.08. The molecular formula is C15H20N2O2. The van der Waals surface area contributed by atoms with Crippen molar-refractivity contribution in [2.75, 3.05) is 6.54 Å². The van der Waals surface area contributed by atoms with Crippen molar-refractivity contribution in [3.8, 4) is 0 Å². The number of carbonyl (C=O) groups is 2. The Morgan fingerprint density at radius 2 is 1.95 bits per heavy atom. The Morgan fingerprint density at radius 1 is 1.32 bits per heavy atom. The number of imide groups is 1. The summed E-state index contributed by atoms with van der Waals surface area (Å²) in [5.74, 6) is -0.207. The zero-order valence-corrected chi connectivity index (χ0v) is 11.4. The molecule has 0 spiro atoms. The van der Waals surface area contributed by atoms with E-state index in [0.717, 1.165) is 5.56 Å². The molecule has 102 valence electrons. The van der Waals surface area contributed by atoms with Crippen LogP contribution in [-0.4, -0.2) is 29.3 Å². The predicted octanol–water partition coefficient (Wildman–Crippen LogP) is 1.44. The van der Waals surface area contributed by atoms with Crippen molar-refractivity contribution in [3.05, 3.63) is 35.9 Å². The van der Waals surface area contributed by atoms with Crippen LogP contribution in [0.3, 0.4) is 0 Å². The molecule has 2 rings (SSSR count). The first-order valence-corrected chi connectivity index (χ1v) is 6.61. The molecule has 4 nitrogen and oxygen atoms in total. The fourth-order valence-corrected chi connectivity index (χ4v) is 2.48. The van der Waals surface area contributed by atoms with Crippen molar-refractivity contribution < 1.29 is 9.59 Å². The maximum absolute atomic E-state index is 12.5. The molecule has 1 fully saturated rings. The summed E-state index contributed by atoms with van der Waals surface area (Å²) in [5, 5.41) is 0. The first-order chi connectivity index (χ1) is 8.95. The van der Waals surface area contributed by atoms with E-state index >= 15 is 0 Å². The maximum atomic E-state index is 12.5. The van der Waals surface area contributed by atoms with Crippen LogP contribution in [-0.2, 0) is 15.0 Å². The molecule has 0 aliphatic carbocycles. The highest BCUT2D eigenvalue weighted by Gasteiger charge is 2.48. The van der Waals surface area contributed by atoms with E-state index in [4.69, 9.17) is 5.73 Å². The number of nitrogens with two attached hydrogens (primary N) is 1. The number of amides is 2. The number of benzene rings is 1. The number of likely N-dealkylation sites (tertiary alicyclic amines) is 1. The van der Waals surface area contributed by atoms with Gasteiger partial charge in [0.1, 0.15) is 0 Å². The minimum atomic E-state index is -0.726. The van der Waals surface area contributed by atoms with Crippen molar-refractivity contribution in [1.82, 2.24) is 4.90 Å². The molecule has 1 aromatic rings. The Morgan fingerprint density at radius 3 is 2.53 bits per heavy atom. The quantitative estimate of drug-likeness (QED) is 0.833. The van der Waals surface area contributed by atoms with Crippen molar-refractivity contribution in [1.29, 1.82) is 0 Å². The normalized spacial score (nSPS) is 24.9. The zero-order valence-electron chi connectivity index (χ0n) is 11.4. The third-order valence-electron chi connectivity index (χ3n) is 3.74. The average molecular weight is 260 g/mol. The summed E-state index contributed by atoms with van der Waals surface area (Å²) in [6, 6.07) is 9.48. The summed E-state index contributed by atoms with van der Waals surface area (Å²) in [4.78, 5) is 25.9. The van der Waals surface area contributed by atoms with Gasteiger partial charge >= 0.3 is 0 Å². The van der Waals surface area contributed by atoms with Gasteiger partial charge < -0.3 is 5.73 Å². The molecule has 0 bridgehead atoms. The molecule has 1 aliphatic heterocycles. The number of hydrogen-bond donors (Lipinski definition) is 1. The molecule has 4 heteroatoms. The third-order valence-corrected chi connectivity index (χ3v) is 3.74. The smallest absolute Gasteiger partial charge is 0.240 e. The molecule has 0 radical (unpaired) electrons. The van der Waals surface area contributed by atoms with Crippen LogP contribution in [0.5, 0.6) is 0 Å². The predicted molar refractivity (Wildman–Crippen MR) is 73.4 cm³/mol. The van der Waals surface area contributed by atoms with E-state index in [1.807, 2.05) is 44.2 Å². The van der Waals surface area contributed by atoms with Gasteiger partial charge in [-0.3, -0.25) is 14.5 Å². The lowest BCUT2D eigenvalue weighted by Crippen LogP contribution is -2.38. The Bertz CT molecular complexity index is 484. The van der Waals surface area contributed by atoms with Crippen LogP contribution >= 0.6 is 0 Å². The summed E-state index contributed by atoms with van der Waals surface area (Å²) in [6.45, 7) is 4.13. The average Bonchev–Trinajstić information content (AvgIpc) is 2.60. The van der Waals surface area contributed by atoms with Gasteiger partial charge in [-0.05, 0) is 25.8 Å². The topological polar surface area (TPSA) is 63.4 Å². The van der Waals surface area contributed by atoms with Crippen molar-refractivity contribution in [3.63, 3.8) is 0 Å². The highest BCUT2D eigenvalue weighted by atomic mass is 16.2. The summed E-state index contributed by atoms with van der Waals surface area (Å²) in [6.07, 6.45) is 0.886. The molecule has 19 heavy (non-hydrogen) atoms. The fourth-order valence-electron chi connectivity index (χ4n) is 2.48. The van der Waals surface area contributed by atoms with Crippen LogP contribution in [0.15, 0.2) is 30.3 Å².